The van der Waals surface area contributed by atoms with Crippen LogP contribution in [0, 0.1) is 19.7 Å². The van der Waals surface area contributed by atoms with Crippen LogP contribution < -0.4 is 10.6 Å². The number of hydrogen-bond donors (Lipinski definition) is 2. The van der Waals surface area contributed by atoms with Gasteiger partial charge in [0.25, 0.3) is 5.91 Å². The molecule has 2 aromatic carbocycles. The summed E-state index contributed by atoms with van der Waals surface area (Å²) >= 11 is 0. The molecule has 0 atom stereocenters. The summed E-state index contributed by atoms with van der Waals surface area (Å²) in [4.78, 5) is 20.5. The second-order valence-corrected chi connectivity index (χ2v) is 5.69. The van der Waals surface area contributed by atoms with Crippen molar-refractivity contribution in [3.8, 4) is 0 Å². The fraction of sp³-hybridized carbons (Fsp3) is 0.105. The highest BCUT2D eigenvalue weighted by atomic mass is 19.1. The Morgan fingerprint density at radius 2 is 1.88 bits per heavy atom. The van der Waals surface area contributed by atoms with Crippen LogP contribution in [0.25, 0.3) is 0 Å². The van der Waals surface area contributed by atoms with Crippen LogP contribution in [-0.2, 0) is 0 Å². The first-order valence-electron chi connectivity index (χ1n) is 7.74. The lowest BCUT2D eigenvalue weighted by Gasteiger charge is -2.09. The summed E-state index contributed by atoms with van der Waals surface area (Å²) in [7, 11) is 0. The number of benzene rings is 2. The number of halogens is 1. The van der Waals surface area contributed by atoms with Crippen molar-refractivity contribution in [2.75, 3.05) is 10.6 Å². The minimum Gasteiger partial charge on any atom is -0.339 e. The van der Waals surface area contributed by atoms with E-state index in [0.29, 0.717) is 11.5 Å². The zero-order chi connectivity index (χ0) is 17.8. The summed E-state index contributed by atoms with van der Waals surface area (Å²) in [6.07, 6.45) is 2.81. The van der Waals surface area contributed by atoms with Crippen molar-refractivity contribution in [3.63, 3.8) is 0 Å². The summed E-state index contributed by atoms with van der Waals surface area (Å²) in [6.45, 7) is 3.93. The minimum absolute atomic E-state index is 0.199. The average molecular weight is 336 g/mol. The van der Waals surface area contributed by atoms with E-state index < -0.39 is 0 Å². The Bertz CT molecular complexity index is 910. The maximum Gasteiger partial charge on any atom is 0.275 e. The number of aromatic nitrogens is 2. The van der Waals surface area contributed by atoms with Crippen LogP contribution >= 0.6 is 0 Å². The smallest absolute Gasteiger partial charge is 0.275 e. The number of nitrogens with zero attached hydrogens (tertiary/aromatic N) is 2. The van der Waals surface area contributed by atoms with Gasteiger partial charge < -0.3 is 10.6 Å². The maximum absolute atomic E-state index is 13.2. The molecular weight excluding hydrogens is 319 g/mol. The van der Waals surface area contributed by atoms with Gasteiger partial charge in [-0.05, 0) is 43.7 Å². The molecule has 0 bridgehead atoms. The fourth-order valence-electron chi connectivity index (χ4n) is 2.36. The van der Waals surface area contributed by atoms with Gasteiger partial charge in [0.2, 0.25) is 0 Å². The average Bonchev–Trinajstić information content (AvgIpc) is 2.58. The molecule has 1 heterocycles. The monoisotopic (exact) mass is 336 g/mol. The molecule has 0 unspecified atom stereocenters. The van der Waals surface area contributed by atoms with Crippen LogP contribution in [0.3, 0.4) is 0 Å². The number of anilines is 3. The highest BCUT2D eigenvalue weighted by Crippen LogP contribution is 2.17. The van der Waals surface area contributed by atoms with Crippen LogP contribution in [0.15, 0.2) is 54.9 Å². The predicted octanol–water partition coefficient (Wildman–Crippen LogP) is 4.23. The number of amides is 1. The van der Waals surface area contributed by atoms with Gasteiger partial charge in [-0.2, -0.15) is 0 Å². The van der Waals surface area contributed by atoms with Gasteiger partial charge in [-0.1, -0.05) is 23.8 Å². The first-order valence-corrected chi connectivity index (χ1v) is 7.74. The fourth-order valence-corrected chi connectivity index (χ4v) is 2.36. The van der Waals surface area contributed by atoms with Gasteiger partial charge in [0, 0.05) is 11.4 Å². The van der Waals surface area contributed by atoms with Crippen molar-refractivity contribution in [3.05, 3.63) is 77.5 Å². The van der Waals surface area contributed by atoms with Crippen LogP contribution in [-0.4, -0.2) is 15.9 Å². The van der Waals surface area contributed by atoms with E-state index in [4.69, 9.17) is 0 Å². The van der Waals surface area contributed by atoms with Crippen LogP contribution in [0.1, 0.15) is 21.6 Å². The van der Waals surface area contributed by atoms with Crippen molar-refractivity contribution in [1.82, 2.24) is 9.97 Å². The topological polar surface area (TPSA) is 66.9 Å². The number of nitrogens with one attached hydrogen (secondary N) is 2. The third-order valence-electron chi connectivity index (χ3n) is 3.61. The lowest BCUT2D eigenvalue weighted by Crippen LogP contribution is -2.15. The number of carbonyl (C=O) groups excluding carboxylic acids is 1. The third kappa shape index (κ3) is 4.17. The van der Waals surface area contributed by atoms with E-state index in [9.17, 15) is 9.18 Å². The Hall–Kier alpha value is -3.28. The number of carbonyl (C=O) groups is 1. The van der Waals surface area contributed by atoms with E-state index in [2.05, 4.69) is 20.6 Å². The van der Waals surface area contributed by atoms with Gasteiger partial charge in [0.1, 0.15) is 17.3 Å². The third-order valence-corrected chi connectivity index (χ3v) is 3.61. The molecule has 0 fully saturated rings. The molecule has 1 aromatic heterocycles. The van der Waals surface area contributed by atoms with Gasteiger partial charge in [-0.15, -0.1) is 0 Å². The van der Waals surface area contributed by atoms with Crippen LogP contribution in [0.4, 0.5) is 21.6 Å². The Kier molecular flexibility index (Phi) is 4.70. The van der Waals surface area contributed by atoms with E-state index in [1.807, 2.05) is 32.0 Å². The Balaban J connectivity index is 1.70. The molecule has 0 aliphatic carbocycles. The highest BCUT2D eigenvalue weighted by molar-refractivity contribution is 6.03. The summed E-state index contributed by atoms with van der Waals surface area (Å²) in [5.74, 6) is -0.257. The lowest BCUT2D eigenvalue weighted by molar-refractivity contribution is 0.102. The number of aryl methyl sites for hydroxylation is 2. The Morgan fingerprint density at radius 3 is 2.56 bits per heavy atom. The SMILES string of the molecule is Cc1ccc(NC(=O)c2cnc(Nc3cccc(F)c3)cn2)c(C)c1. The van der Waals surface area contributed by atoms with Gasteiger partial charge in [-0.3, -0.25) is 4.79 Å². The molecule has 0 saturated carbocycles. The van der Waals surface area contributed by atoms with E-state index in [-0.39, 0.29) is 17.4 Å². The summed E-state index contributed by atoms with van der Waals surface area (Å²) in [5, 5.41) is 5.75. The van der Waals surface area contributed by atoms with Crippen LogP contribution in [0.5, 0.6) is 0 Å². The molecule has 5 nitrogen and oxygen atoms in total. The molecule has 126 valence electrons. The first kappa shape index (κ1) is 16.6. The molecule has 3 rings (SSSR count). The molecule has 0 aliphatic rings. The molecule has 2 N–H and O–H groups in total. The molecule has 6 heteroatoms. The lowest BCUT2D eigenvalue weighted by atomic mass is 10.1. The second-order valence-electron chi connectivity index (χ2n) is 5.69. The van der Waals surface area contributed by atoms with Gasteiger partial charge >= 0.3 is 0 Å². The molecule has 0 saturated heterocycles. The number of hydrogen-bond acceptors (Lipinski definition) is 4. The normalized spacial score (nSPS) is 10.4. The number of rotatable bonds is 4. The summed E-state index contributed by atoms with van der Waals surface area (Å²) in [6, 6.07) is 11.8. The Labute approximate surface area is 145 Å². The van der Waals surface area contributed by atoms with Gasteiger partial charge in [0.15, 0.2) is 0 Å². The molecule has 3 aromatic rings. The highest BCUT2D eigenvalue weighted by Gasteiger charge is 2.10. The largest absolute Gasteiger partial charge is 0.339 e. The van der Waals surface area contributed by atoms with E-state index in [0.717, 1.165) is 16.8 Å². The van der Waals surface area contributed by atoms with E-state index in [1.165, 1.54) is 24.5 Å². The predicted molar refractivity (Wildman–Crippen MR) is 95.6 cm³/mol. The quantitative estimate of drug-likeness (QED) is 0.748. The molecule has 1 amide bonds. The van der Waals surface area contributed by atoms with Crippen LogP contribution in [0.2, 0.25) is 0 Å². The second kappa shape index (κ2) is 7.09. The van der Waals surface area contributed by atoms with Crippen molar-refractivity contribution < 1.29 is 9.18 Å². The summed E-state index contributed by atoms with van der Waals surface area (Å²) in [5.41, 5.74) is 3.60. The summed E-state index contributed by atoms with van der Waals surface area (Å²) < 4.78 is 13.2. The molecular formula is C19H17FN4O. The molecule has 0 spiro atoms. The van der Waals surface area contributed by atoms with Crippen molar-refractivity contribution in [2.24, 2.45) is 0 Å². The molecule has 0 radical (unpaired) electrons. The van der Waals surface area contributed by atoms with Gasteiger partial charge in [-0.25, -0.2) is 14.4 Å². The molecule has 25 heavy (non-hydrogen) atoms. The van der Waals surface area contributed by atoms with E-state index in [1.54, 1.807) is 12.1 Å². The standard InChI is InChI=1S/C19H17FN4O/c1-12-6-7-16(13(2)8-12)24-19(25)17-10-22-18(11-21-17)23-15-5-3-4-14(20)9-15/h3-11H,1-2H3,(H,22,23)(H,24,25). The zero-order valence-corrected chi connectivity index (χ0v) is 13.9. The first-order chi connectivity index (χ1) is 12.0. The van der Waals surface area contributed by atoms with Crippen molar-refractivity contribution in [1.29, 1.82) is 0 Å². The minimum atomic E-state index is -0.345. The maximum atomic E-state index is 13.2. The van der Waals surface area contributed by atoms with Gasteiger partial charge in [0.05, 0.1) is 12.4 Å². The molecule has 0 aliphatic heterocycles. The van der Waals surface area contributed by atoms with E-state index >= 15 is 0 Å². The van der Waals surface area contributed by atoms with Crippen molar-refractivity contribution in [2.45, 2.75) is 13.8 Å². The Morgan fingerprint density at radius 1 is 1.04 bits per heavy atom. The van der Waals surface area contributed by atoms with Crippen molar-refractivity contribution >= 4 is 23.1 Å². The zero-order valence-electron chi connectivity index (χ0n) is 13.9.